The van der Waals surface area contributed by atoms with Crippen molar-refractivity contribution in [3.63, 3.8) is 0 Å². The first kappa shape index (κ1) is 12.9. The summed E-state index contributed by atoms with van der Waals surface area (Å²) in [7, 11) is 2.09. The Bertz CT molecular complexity index is 487. The molecule has 0 bridgehead atoms. The molecule has 3 heteroatoms. The van der Waals surface area contributed by atoms with Gasteiger partial charge in [0, 0.05) is 6.54 Å². The number of rotatable bonds is 5. The Hall–Kier alpha value is -1.58. The minimum atomic E-state index is 0.460. The molecule has 2 aromatic rings. The van der Waals surface area contributed by atoms with Crippen molar-refractivity contribution in [2.24, 2.45) is 5.73 Å². The average molecular weight is 244 g/mol. The summed E-state index contributed by atoms with van der Waals surface area (Å²) >= 11 is 0. The summed E-state index contributed by atoms with van der Waals surface area (Å²) in [4.78, 5) is 2.23. The first-order chi connectivity index (χ1) is 8.67. The van der Waals surface area contributed by atoms with Crippen molar-refractivity contribution in [1.29, 1.82) is 0 Å². The molecular formula is C15H20N2O. The largest absolute Gasteiger partial charge is 0.463 e. The van der Waals surface area contributed by atoms with Crippen molar-refractivity contribution in [1.82, 2.24) is 4.90 Å². The van der Waals surface area contributed by atoms with E-state index in [0.29, 0.717) is 6.54 Å². The van der Waals surface area contributed by atoms with Crippen LogP contribution >= 0.6 is 0 Å². The van der Waals surface area contributed by atoms with E-state index in [-0.39, 0.29) is 0 Å². The maximum Gasteiger partial charge on any atom is 0.118 e. The Morgan fingerprint density at radius 2 is 1.67 bits per heavy atom. The topological polar surface area (TPSA) is 42.4 Å². The summed E-state index contributed by atoms with van der Waals surface area (Å²) in [6.45, 7) is 4.28. The molecule has 0 fully saturated rings. The number of furan rings is 1. The quantitative estimate of drug-likeness (QED) is 0.879. The molecule has 0 saturated carbocycles. The number of nitrogens with two attached hydrogens (primary N) is 1. The van der Waals surface area contributed by atoms with Gasteiger partial charge in [0.2, 0.25) is 0 Å². The fourth-order valence-electron chi connectivity index (χ4n) is 1.94. The van der Waals surface area contributed by atoms with Crippen molar-refractivity contribution >= 4 is 0 Å². The average Bonchev–Trinajstić information content (AvgIpc) is 2.79. The molecule has 0 aliphatic rings. The number of hydrogen-bond donors (Lipinski definition) is 1. The van der Waals surface area contributed by atoms with Crippen molar-refractivity contribution in [2.45, 2.75) is 26.6 Å². The van der Waals surface area contributed by atoms with Crippen LogP contribution in [0.15, 0.2) is 40.8 Å². The van der Waals surface area contributed by atoms with Crippen LogP contribution < -0.4 is 5.73 Å². The van der Waals surface area contributed by atoms with Gasteiger partial charge < -0.3 is 10.2 Å². The highest BCUT2D eigenvalue weighted by molar-refractivity contribution is 5.21. The smallest absolute Gasteiger partial charge is 0.118 e. The second-order valence-corrected chi connectivity index (χ2v) is 4.73. The standard InChI is InChI=1S/C15H20N2O/c1-12-3-5-13(6-4-12)10-17(2)11-15-8-7-14(9-16)18-15/h3-8H,9-11,16H2,1-2H3. The first-order valence-corrected chi connectivity index (χ1v) is 6.19. The molecule has 0 radical (unpaired) electrons. The molecule has 0 spiro atoms. The van der Waals surface area contributed by atoms with Gasteiger partial charge in [-0.25, -0.2) is 0 Å². The molecule has 0 saturated heterocycles. The molecule has 0 aliphatic carbocycles. The lowest BCUT2D eigenvalue weighted by atomic mass is 10.1. The van der Waals surface area contributed by atoms with E-state index in [0.717, 1.165) is 24.6 Å². The third-order valence-electron chi connectivity index (χ3n) is 2.92. The minimum Gasteiger partial charge on any atom is -0.463 e. The van der Waals surface area contributed by atoms with Crippen LogP contribution in [0.5, 0.6) is 0 Å². The molecule has 96 valence electrons. The number of benzene rings is 1. The van der Waals surface area contributed by atoms with E-state index in [1.54, 1.807) is 0 Å². The molecule has 1 aromatic heterocycles. The minimum absolute atomic E-state index is 0.460. The van der Waals surface area contributed by atoms with Crippen LogP contribution in [0.2, 0.25) is 0 Å². The molecule has 1 aromatic carbocycles. The summed E-state index contributed by atoms with van der Waals surface area (Å²) in [5.41, 5.74) is 8.13. The second-order valence-electron chi connectivity index (χ2n) is 4.73. The summed E-state index contributed by atoms with van der Waals surface area (Å²) in [6.07, 6.45) is 0. The van der Waals surface area contributed by atoms with Gasteiger partial charge in [-0.3, -0.25) is 4.90 Å². The lowest BCUT2D eigenvalue weighted by Crippen LogP contribution is -2.16. The van der Waals surface area contributed by atoms with Crippen molar-refractivity contribution < 1.29 is 4.42 Å². The van der Waals surface area contributed by atoms with Gasteiger partial charge in [-0.2, -0.15) is 0 Å². The number of aryl methyl sites for hydroxylation is 1. The van der Waals surface area contributed by atoms with Crippen LogP contribution in [-0.2, 0) is 19.6 Å². The fraction of sp³-hybridized carbons (Fsp3) is 0.333. The van der Waals surface area contributed by atoms with Crippen LogP contribution in [-0.4, -0.2) is 11.9 Å². The Morgan fingerprint density at radius 1 is 1.00 bits per heavy atom. The van der Waals surface area contributed by atoms with Crippen LogP contribution in [0.4, 0.5) is 0 Å². The summed E-state index contributed by atoms with van der Waals surface area (Å²) in [5.74, 6) is 1.80. The van der Waals surface area contributed by atoms with E-state index in [2.05, 4.69) is 43.1 Å². The van der Waals surface area contributed by atoms with Crippen LogP contribution in [0.3, 0.4) is 0 Å². The van der Waals surface area contributed by atoms with Crippen molar-refractivity contribution in [3.05, 3.63) is 59.0 Å². The molecule has 3 nitrogen and oxygen atoms in total. The van der Waals surface area contributed by atoms with Gasteiger partial charge in [0.25, 0.3) is 0 Å². The van der Waals surface area contributed by atoms with E-state index in [9.17, 15) is 0 Å². The van der Waals surface area contributed by atoms with Crippen molar-refractivity contribution in [2.75, 3.05) is 7.05 Å². The van der Waals surface area contributed by atoms with Gasteiger partial charge in [0.15, 0.2) is 0 Å². The summed E-state index contributed by atoms with van der Waals surface area (Å²) in [6, 6.07) is 12.5. The van der Waals surface area contributed by atoms with Gasteiger partial charge in [-0.05, 0) is 31.7 Å². The SMILES string of the molecule is Cc1ccc(CN(C)Cc2ccc(CN)o2)cc1. The monoisotopic (exact) mass is 244 g/mol. The molecule has 18 heavy (non-hydrogen) atoms. The third-order valence-corrected chi connectivity index (χ3v) is 2.92. The molecule has 0 aliphatic heterocycles. The Labute approximate surface area is 108 Å². The lowest BCUT2D eigenvalue weighted by Gasteiger charge is -2.15. The second kappa shape index (κ2) is 5.85. The van der Waals surface area contributed by atoms with E-state index in [1.165, 1.54) is 11.1 Å². The molecular weight excluding hydrogens is 224 g/mol. The van der Waals surface area contributed by atoms with Gasteiger partial charge >= 0.3 is 0 Å². The number of hydrogen-bond acceptors (Lipinski definition) is 3. The van der Waals surface area contributed by atoms with E-state index >= 15 is 0 Å². The van der Waals surface area contributed by atoms with Gasteiger partial charge in [0.1, 0.15) is 11.5 Å². The lowest BCUT2D eigenvalue weighted by molar-refractivity contribution is 0.284. The zero-order valence-corrected chi connectivity index (χ0v) is 11.0. The zero-order chi connectivity index (χ0) is 13.0. The third kappa shape index (κ3) is 3.45. The molecule has 2 rings (SSSR count). The highest BCUT2D eigenvalue weighted by Gasteiger charge is 2.05. The van der Waals surface area contributed by atoms with E-state index in [1.807, 2.05) is 12.1 Å². The van der Waals surface area contributed by atoms with Gasteiger partial charge in [-0.15, -0.1) is 0 Å². The molecule has 0 unspecified atom stereocenters. The zero-order valence-electron chi connectivity index (χ0n) is 11.0. The predicted octanol–water partition coefficient (Wildman–Crippen LogP) is 2.68. The normalized spacial score (nSPS) is 11.1. The van der Waals surface area contributed by atoms with Gasteiger partial charge in [-0.1, -0.05) is 29.8 Å². The van der Waals surface area contributed by atoms with Crippen LogP contribution in [0, 0.1) is 6.92 Å². The Morgan fingerprint density at radius 3 is 2.28 bits per heavy atom. The summed E-state index contributed by atoms with van der Waals surface area (Å²) in [5, 5.41) is 0. The highest BCUT2D eigenvalue weighted by Crippen LogP contribution is 2.12. The Kier molecular flexibility index (Phi) is 4.18. The van der Waals surface area contributed by atoms with Crippen LogP contribution in [0.1, 0.15) is 22.6 Å². The highest BCUT2D eigenvalue weighted by atomic mass is 16.3. The van der Waals surface area contributed by atoms with E-state index in [4.69, 9.17) is 10.2 Å². The Balaban J connectivity index is 1.91. The van der Waals surface area contributed by atoms with Crippen LogP contribution in [0.25, 0.3) is 0 Å². The number of nitrogens with zero attached hydrogens (tertiary/aromatic N) is 1. The summed E-state index contributed by atoms with van der Waals surface area (Å²) < 4.78 is 5.59. The van der Waals surface area contributed by atoms with E-state index < -0.39 is 0 Å². The maximum atomic E-state index is 5.59. The predicted molar refractivity (Wildman–Crippen MR) is 72.9 cm³/mol. The fourth-order valence-corrected chi connectivity index (χ4v) is 1.94. The van der Waals surface area contributed by atoms with Gasteiger partial charge in [0.05, 0.1) is 13.1 Å². The maximum absolute atomic E-state index is 5.59. The molecule has 0 atom stereocenters. The molecule has 1 heterocycles. The first-order valence-electron chi connectivity index (χ1n) is 6.19. The molecule has 2 N–H and O–H groups in total. The molecule has 0 amide bonds. The van der Waals surface area contributed by atoms with Crippen molar-refractivity contribution in [3.8, 4) is 0 Å².